The van der Waals surface area contributed by atoms with E-state index >= 15 is 0 Å². The molecule has 2 heterocycles. The fourth-order valence-electron chi connectivity index (χ4n) is 2.54. The van der Waals surface area contributed by atoms with Crippen molar-refractivity contribution in [1.82, 2.24) is 9.88 Å². The number of morpholine rings is 1. The van der Waals surface area contributed by atoms with Gasteiger partial charge in [-0.25, -0.2) is 9.98 Å². The van der Waals surface area contributed by atoms with Gasteiger partial charge in [0.05, 0.1) is 19.8 Å². The van der Waals surface area contributed by atoms with Crippen LogP contribution in [-0.2, 0) is 11.3 Å². The Kier molecular flexibility index (Phi) is 7.79. The van der Waals surface area contributed by atoms with Crippen LogP contribution in [-0.4, -0.2) is 48.1 Å². The molecule has 0 spiro atoms. The number of nitrogens with zero attached hydrogens (tertiary/aromatic N) is 3. The zero-order valence-electron chi connectivity index (χ0n) is 14.3. The van der Waals surface area contributed by atoms with E-state index in [1.807, 2.05) is 47.4 Å². The van der Waals surface area contributed by atoms with E-state index in [0.717, 1.165) is 5.56 Å². The van der Waals surface area contributed by atoms with Gasteiger partial charge in [0, 0.05) is 24.8 Å². The number of guanidine groups is 1. The molecule has 1 amide bonds. The van der Waals surface area contributed by atoms with Crippen LogP contribution < -0.4 is 11.1 Å². The Balaban J connectivity index is 0.00000243. The van der Waals surface area contributed by atoms with Crippen molar-refractivity contribution in [3.8, 4) is 0 Å². The number of carbonyl (C=O) groups is 1. The summed E-state index contributed by atoms with van der Waals surface area (Å²) in [6.07, 6.45) is 1.68. The average Bonchev–Trinajstić information content (AvgIpc) is 2.67. The number of pyridine rings is 1. The number of halogens is 1. The molecule has 0 radical (unpaired) electrons. The molecule has 1 aromatic carbocycles. The number of anilines is 1. The topological polar surface area (TPSA) is 92.8 Å². The Labute approximate surface area is 169 Å². The molecule has 0 unspecified atom stereocenters. The van der Waals surface area contributed by atoms with Crippen molar-refractivity contribution in [1.29, 1.82) is 0 Å². The third-order valence-electron chi connectivity index (χ3n) is 3.83. The fourth-order valence-corrected chi connectivity index (χ4v) is 2.54. The normalized spacial score (nSPS) is 14.5. The summed E-state index contributed by atoms with van der Waals surface area (Å²) in [5.41, 5.74) is 7.46. The molecule has 1 aliphatic heterocycles. The van der Waals surface area contributed by atoms with Crippen LogP contribution in [0.15, 0.2) is 53.7 Å². The maximum Gasteiger partial charge on any atom is 0.254 e. The minimum Gasteiger partial charge on any atom is -0.378 e. The highest BCUT2D eigenvalue weighted by Crippen LogP contribution is 2.11. The Bertz CT molecular complexity index is 748. The fraction of sp³-hybridized carbons (Fsp3) is 0.278. The molecule has 0 bridgehead atoms. The molecule has 3 rings (SSSR count). The van der Waals surface area contributed by atoms with Gasteiger partial charge in [0.15, 0.2) is 5.96 Å². The largest absolute Gasteiger partial charge is 0.378 e. The standard InChI is InChI=1S/C18H21N5O2.HI/c19-18(22-16-6-1-2-7-20-16)21-13-14-4-3-5-15(12-14)17(24)23-8-10-25-11-9-23;/h1-7,12H,8-11,13H2,(H3,19,20,21,22);1H. The second kappa shape index (κ2) is 10.1. The minimum atomic E-state index is 0. The number of aliphatic imine (C=N–C) groups is 1. The van der Waals surface area contributed by atoms with Crippen molar-refractivity contribution in [2.45, 2.75) is 6.54 Å². The summed E-state index contributed by atoms with van der Waals surface area (Å²) in [4.78, 5) is 22.8. The predicted octanol–water partition coefficient (Wildman–Crippen LogP) is 2.10. The second-order valence-electron chi connectivity index (χ2n) is 5.65. The number of benzene rings is 1. The van der Waals surface area contributed by atoms with Gasteiger partial charge < -0.3 is 20.7 Å². The number of nitrogens with two attached hydrogens (primary N) is 1. The highest BCUT2D eigenvalue weighted by molar-refractivity contribution is 14.0. The van der Waals surface area contributed by atoms with E-state index in [0.29, 0.717) is 44.2 Å². The third-order valence-corrected chi connectivity index (χ3v) is 3.83. The molecule has 0 saturated carbocycles. The van der Waals surface area contributed by atoms with Gasteiger partial charge in [-0.1, -0.05) is 18.2 Å². The van der Waals surface area contributed by atoms with Gasteiger partial charge in [-0.2, -0.15) is 0 Å². The highest BCUT2D eigenvalue weighted by Gasteiger charge is 2.18. The molecule has 1 aliphatic rings. The van der Waals surface area contributed by atoms with Crippen LogP contribution in [0.4, 0.5) is 5.82 Å². The summed E-state index contributed by atoms with van der Waals surface area (Å²) in [5, 5.41) is 2.93. The average molecular weight is 467 g/mol. The number of amides is 1. The van der Waals surface area contributed by atoms with Gasteiger partial charge >= 0.3 is 0 Å². The first-order valence-electron chi connectivity index (χ1n) is 8.16. The lowest BCUT2D eigenvalue weighted by Gasteiger charge is -2.27. The predicted molar refractivity (Wildman–Crippen MR) is 112 cm³/mol. The Morgan fingerprint density at radius 1 is 1.23 bits per heavy atom. The maximum absolute atomic E-state index is 12.5. The van der Waals surface area contributed by atoms with Crippen LogP contribution >= 0.6 is 24.0 Å². The van der Waals surface area contributed by atoms with Gasteiger partial charge in [0.2, 0.25) is 0 Å². The smallest absolute Gasteiger partial charge is 0.254 e. The van der Waals surface area contributed by atoms with E-state index < -0.39 is 0 Å². The van der Waals surface area contributed by atoms with Crippen molar-refractivity contribution in [2.24, 2.45) is 10.7 Å². The third kappa shape index (κ3) is 5.67. The minimum absolute atomic E-state index is 0. The molecule has 1 fully saturated rings. The lowest BCUT2D eigenvalue weighted by atomic mass is 10.1. The molecule has 138 valence electrons. The Morgan fingerprint density at radius 2 is 2.04 bits per heavy atom. The monoisotopic (exact) mass is 467 g/mol. The van der Waals surface area contributed by atoms with Crippen LogP contribution in [0.5, 0.6) is 0 Å². The van der Waals surface area contributed by atoms with E-state index in [4.69, 9.17) is 10.5 Å². The van der Waals surface area contributed by atoms with Crippen LogP contribution in [0, 0.1) is 0 Å². The molecule has 1 aromatic heterocycles. The first kappa shape index (κ1) is 20.1. The Hall–Kier alpha value is -2.20. The Morgan fingerprint density at radius 3 is 2.77 bits per heavy atom. The number of nitrogens with one attached hydrogen (secondary N) is 1. The summed E-state index contributed by atoms with van der Waals surface area (Å²) in [5.74, 6) is 0.942. The molecular weight excluding hydrogens is 445 g/mol. The molecule has 0 aliphatic carbocycles. The number of hydrogen-bond acceptors (Lipinski definition) is 4. The first-order chi connectivity index (χ1) is 12.2. The van der Waals surface area contributed by atoms with Crippen LogP contribution in [0.3, 0.4) is 0 Å². The molecule has 7 nitrogen and oxygen atoms in total. The van der Waals surface area contributed by atoms with Crippen LogP contribution in [0.2, 0.25) is 0 Å². The summed E-state index contributed by atoms with van der Waals surface area (Å²) in [7, 11) is 0. The zero-order chi connectivity index (χ0) is 17.5. The van der Waals surface area contributed by atoms with Gasteiger partial charge in [-0.3, -0.25) is 4.79 Å². The SMILES string of the molecule is I.NC(=NCc1cccc(C(=O)N2CCOCC2)c1)Nc1ccccn1. The molecule has 8 heteroatoms. The summed E-state index contributed by atoms with van der Waals surface area (Å²) < 4.78 is 5.29. The highest BCUT2D eigenvalue weighted by atomic mass is 127. The van der Waals surface area contributed by atoms with Crippen molar-refractivity contribution >= 4 is 41.7 Å². The lowest BCUT2D eigenvalue weighted by molar-refractivity contribution is 0.0303. The van der Waals surface area contributed by atoms with Crippen molar-refractivity contribution < 1.29 is 9.53 Å². The molecule has 0 atom stereocenters. The van der Waals surface area contributed by atoms with Crippen LogP contribution in [0.1, 0.15) is 15.9 Å². The number of rotatable bonds is 4. The van der Waals surface area contributed by atoms with Gasteiger partial charge in [-0.15, -0.1) is 24.0 Å². The van der Waals surface area contributed by atoms with E-state index in [2.05, 4.69) is 15.3 Å². The summed E-state index contributed by atoms with van der Waals surface area (Å²) in [6, 6.07) is 13.0. The van der Waals surface area contributed by atoms with Crippen LogP contribution in [0.25, 0.3) is 0 Å². The van der Waals surface area contributed by atoms with Crippen molar-refractivity contribution in [3.05, 3.63) is 59.8 Å². The lowest BCUT2D eigenvalue weighted by Crippen LogP contribution is -2.40. The quantitative estimate of drug-likeness (QED) is 0.408. The molecule has 2 aromatic rings. The number of ether oxygens (including phenoxy) is 1. The van der Waals surface area contributed by atoms with E-state index in [1.165, 1.54) is 0 Å². The molecule has 3 N–H and O–H groups in total. The molecule has 1 saturated heterocycles. The molecule has 26 heavy (non-hydrogen) atoms. The van der Waals surface area contributed by atoms with Gasteiger partial charge in [-0.05, 0) is 29.8 Å². The zero-order valence-corrected chi connectivity index (χ0v) is 16.6. The summed E-state index contributed by atoms with van der Waals surface area (Å²) >= 11 is 0. The number of carbonyl (C=O) groups excluding carboxylic acids is 1. The summed E-state index contributed by atoms with van der Waals surface area (Å²) in [6.45, 7) is 2.82. The van der Waals surface area contributed by atoms with E-state index in [9.17, 15) is 4.79 Å². The van der Waals surface area contributed by atoms with Crippen molar-refractivity contribution in [3.63, 3.8) is 0 Å². The van der Waals surface area contributed by atoms with Crippen molar-refractivity contribution in [2.75, 3.05) is 31.6 Å². The number of hydrogen-bond donors (Lipinski definition) is 2. The first-order valence-corrected chi connectivity index (χ1v) is 8.16. The molecular formula is C18H22IN5O2. The maximum atomic E-state index is 12.5. The van der Waals surface area contributed by atoms with E-state index in [1.54, 1.807) is 6.20 Å². The second-order valence-corrected chi connectivity index (χ2v) is 5.65. The van der Waals surface area contributed by atoms with E-state index in [-0.39, 0.29) is 35.8 Å². The number of aromatic nitrogens is 1. The van der Waals surface area contributed by atoms with Gasteiger partial charge in [0.1, 0.15) is 5.82 Å². The van der Waals surface area contributed by atoms with Gasteiger partial charge in [0.25, 0.3) is 5.91 Å².